The van der Waals surface area contributed by atoms with Crippen LogP contribution in [0.15, 0.2) is 64.9 Å². The van der Waals surface area contributed by atoms with Crippen molar-refractivity contribution in [3.63, 3.8) is 0 Å². The third kappa shape index (κ3) is 4.57. The van der Waals surface area contributed by atoms with Crippen LogP contribution in [0.25, 0.3) is 0 Å². The molecule has 0 bridgehead atoms. The molecular formula is C20H17N3O3S2. The van der Waals surface area contributed by atoms with Gasteiger partial charge in [-0.15, -0.1) is 11.3 Å². The number of thiophene rings is 1. The number of hydrogen-bond acceptors (Lipinski definition) is 5. The van der Waals surface area contributed by atoms with E-state index in [1.54, 1.807) is 53.9 Å². The van der Waals surface area contributed by atoms with Gasteiger partial charge in [-0.1, -0.05) is 29.8 Å². The number of nitrogens with zero attached hydrogens (tertiary/aromatic N) is 1. The van der Waals surface area contributed by atoms with Crippen LogP contribution >= 0.6 is 11.3 Å². The van der Waals surface area contributed by atoms with Crippen molar-refractivity contribution < 1.29 is 13.2 Å². The maximum Gasteiger partial charge on any atom is 0.263 e. The van der Waals surface area contributed by atoms with Crippen molar-refractivity contribution in [2.75, 3.05) is 4.72 Å². The van der Waals surface area contributed by atoms with Gasteiger partial charge in [-0.3, -0.25) is 9.52 Å². The van der Waals surface area contributed by atoms with Crippen LogP contribution in [-0.4, -0.2) is 14.3 Å². The highest BCUT2D eigenvalue weighted by Crippen LogP contribution is 2.24. The summed E-state index contributed by atoms with van der Waals surface area (Å²) in [7, 11) is -3.90. The van der Waals surface area contributed by atoms with Gasteiger partial charge < -0.3 is 5.32 Å². The molecule has 1 amide bonds. The number of benzene rings is 2. The fourth-order valence-electron chi connectivity index (χ4n) is 2.52. The normalized spacial score (nSPS) is 10.9. The van der Waals surface area contributed by atoms with E-state index in [9.17, 15) is 13.2 Å². The van der Waals surface area contributed by atoms with Crippen LogP contribution < -0.4 is 10.0 Å². The Morgan fingerprint density at radius 2 is 1.89 bits per heavy atom. The number of sulfonamides is 1. The molecule has 0 unspecified atom stereocenters. The van der Waals surface area contributed by atoms with Gasteiger partial charge in [0, 0.05) is 12.2 Å². The Bertz CT molecular complexity index is 1140. The molecule has 0 saturated carbocycles. The Balaban J connectivity index is 1.75. The van der Waals surface area contributed by atoms with Crippen molar-refractivity contribution in [3.8, 4) is 6.07 Å². The number of rotatable bonds is 6. The summed E-state index contributed by atoms with van der Waals surface area (Å²) in [6.45, 7) is 2.10. The van der Waals surface area contributed by atoms with Crippen LogP contribution in [-0.2, 0) is 16.6 Å². The smallest absolute Gasteiger partial charge is 0.263 e. The number of nitriles is 1. The highest BCUT2D eigenvalue weighted by atomic mass is 32.2. The number of aryl methyl sites for hydroxylation is 1. The molecule has 1 heterocycles. The molecule has 2 N–H and O–H groups in total. The summed E-state index contributed by atoms with van der Waals surface area (Å²) in [6, 6.07) is 17.2. The molecule has 28 heavy (non-hydrogen) atoms. The molecule has 8 heteroatoms. The average Bonchev–Trinajstić information content (AvgIpc) is 3.19. The molecule has 3 rings (SSSR count). The minimum absolute atomic E-state index is 0.0682. The Labute approximate surface area is 167 Å². The summed E-state index contributed by atoms with van der Waals surface area (Å²) in [5.74, 6) is -0.485. The van der Waals surface area contributed by atoms with Gasteiger partial charge in [0.25, 0.3) is 15.9 Å². The number of carbonyl (C=O) groups excluding carboxylic acids is 1. The highest BCUT2D eigenvalue weighted by Gasteiger charge is 2.24. The summed E-state index contributed by atoms with van der Waals surface area (Å²) in [6.07, 6.45) is 0. The van der Waals surface area contributed by atoms with E-state index in [2.05, 4.69) is 10.0 Å². The number of nitrogens with one attached hydrogen (secondary N) is 2. The summed E-state index contributed by atoms with van der Waals surface area (Å²) < 4.78 is 27.9. The lowest BCUT2D eigenvalue weighted by Gasteiger charge is -2.10. The quantitative estimate of drug-likeness (QED) is 0.647. The second-order valence-electron chi connectivity index (χ2n) is 6.08. The Kier molecular flexibility index (Phi) is 5.78. The fraction of sp³-hybridized carbons (Fsp3) is 0.100. The topological polar surface area (TPSA) is 99.1 Å². The zero-order valence-corrected chi connectivity index (χ0v) is 16.6. The van der Waals surface area contributed by atoms with E-state index >= 15 is 0 Å². The Morgan fingerprint density at radius 1 is 1.14 bits per heavy atom. The first-order chi connectivity index (χ1) is 13.4. The molecule has 0 radical (unpaired) electrons. The van der Waals surface area contributed by atoms with Crippen LogP contribution in [0.4, 0.5) is 5.69 Å². The molecule has 0 spiro atoms. The first kappa shape index (κ1) is 19.6. The lowest BCUT2D eigenvalue weighted by atomic mass is 10.1. The zero-order valence-electron chi connectivity index (χ0n) is 15.0. The minimum atomic E-state index is -3.90. The van der Waals surface area contributed by atoms with Crippen LogP contribution in [0.3, 0.4) is 0 Å². The van der Waals surface area contributed by atoms with Gasteiger partial charge in [0.2, 0.25) is 0 Å². The maximum atomic E-state index is 12.7. The van der Waals surface area contributed by atoms with E-state index in [4.69, 9.17) is 5.26 Å². The van der Waals surface area contributed by atoms with Crippen LogP contribution in [0.1, 0.15) is 26.4 Å². The second-order valence-corrected chi connectivity index (χ2v) is 8.65. The highest BCUT2D eigenvalue weighted by molar-refractivity contribution is 7.93. The Hall–Kier alpha value is -3.15. The fourth-order valence-corrected chi connectivity index (χ4v) is 4.92. The van der Waals surface area contributed by atoms with Crippen molar-refractivity contribution in [1.82, 2.24) is 5.32 Å². The van der Waals surface area contributed by atoms with Gasteiger partial charge in [-0.25, -0.2) is 8.42 Å². The predicted molar refractivity (Wildman–Crippen MR) is 109 cm³/mol. The summed E-state index contributed by atoms with van der Waals surface area (Å²) in [5, 5.41) is 13.2. The monoisotopic (exact) mass is 411 g/mol. The molecule has 0 aliphatic carbocycles. The van der Waals surface area contributed by atoms with E-state index < -0.39 is 15.9 Å². The molecule has 2 aromatic carbocycles. The standard InChI is InChI=1S/C20H17N3O3S2/c1-14-5-7-17(8-6-14)23-28(25,26)18-9-10-27-19(18)20(24)22-13-16-4-2-3-15(11-16)12-21/h2-11,23H,13H2,1H3,(H,22,24). The van der Waals surface area contributed by atoms with E-state index in [-0.39, 0.29) is 16.3 Å². The first-order valence-electron chi connectivity index (χ1n) is 8.33. The predicted octanol–water partition coefficient (Wildman–Crippen LogP) is 3.66. The molecule has 142 valence electrons. The van der Waals surface area contributed by atoms with Gasteiger partial charge in [-0.2, -0.15) is 5.26 Å². The molecule has 0 saturated heterocycles. The number of hydrogen-bond donors (Lipinski definition) is 2. The summed E-state index contributed by atoms with van der Waals surface area (Å²) in [4.78, 5) is 12.6. The van der Waals surface area contributed by atoms with Gasteiger partial charge >= 0.3 is 0 Å². The molecule has 0 fully saturated rings. The third-order valence-electron chi connectivity index (χ3n) is 3.94. The number of anilines is 1. The minimum Gasteiger partial charge on any atom is -0.347 e. The van der Waals surface area contributed by atoms with E-state index in [1.165, 1.54) is 6.07 Å². The van der Waals surface area contributed by atoms with Crippen LogP contribution in [0.2, 0.25) is 0 Å². The second kappa shape index (κ2) is 8.25. The molecular weight excluding hydrogens is 394 g/mol. The molecule has 0 aliphatic rings. The largest absolute Gasteiger partial charge is 0.347 e. The maximum absolute atomic E-state index is 12.7. The van der Waals surface area contributed by atoms with E-state index in [0.29, 0.717) is 11.3 Å². The number of carbonyl (C=O) groups is 1. The molecule has 0 atom stereocenters. The molecule has 0 aliphatic heterocycles. The number of amides is 1. The van der Waals surface area contributed by atoms with Crippen molar-refractivity contribution in [2.45, 2.75) is 18.4 Å². The van der Waals surface area contributed by atoms with Gasteiger partial charge in [-0.05, 0) is 48.2 Å². The molecule has 3 aromatic rings. The van der Waals surface area contributed by atoms with Crippen molar-refractivity contribution >= 4 is 33.0 Å². The average molecular weight is 412 g/mol. The summed E-state index contributed by atoms with van der Waals surface area (Å²) in [5.41, 5.74) is 2.69. The van der Waals surface area contributed by atoms with E-state index in [0.717, 1.165) is 22.5 Å². The lowest BCUT2D eigenvalue weighted by molar-refractivity contribution is 0.0952. The van der Waals surface area contributed by atoms with Gasteiger partial charge in [0.1, 0.15) is 9.77 Å². The van der Waals surface area contributed by atoms with Crippen molar-refractivity contribution in [1.29, 1.82) is 5.26 Å². The molecule has 1 aromatic heterocycles. The lowest BCUT2D eigenvalue weighted by Crippen LogP contribution is -2.24. The van der Waals surface area contributed by atoms with Crippen molar-refractivity contribution in [3.05, 3.63) is 81.5 Å². The molecule has 6 nitrogen and oxygen atoms in total. The van der Waals surface area contributed by atoms with Crippen LogP contribution in [0.5, 0.6) is 0 Å². The van der Waals surface area contributed by atoms with Gasteiger partial charge in [0.05, 0.1) is 11.6 Å². The summed E-state index contributed by atoms with van der Waals surface area (Å²) >= 11 is 1.06. The van der Waals surface area contributed by atoms with Crippen molar-refractivity contribution in [2.24, 2.45) is 0 Å². The first-order valence-corrected chi connectivity index (χ1v) is 10.7. The zero-order chi connectivity index (χ0) is 20.1. The van der Waals surface area contributed by atoms with Gasteiger partial charge in [0.15, 0.2) is 0 Å². The van der Waals surface area contributed by atoms with E-state index in [1.807, 2.05) is 13.0 Å². The Morgan fingerprint density at radius 3 is 2.61 bits per heavy atom. The SMILES string of the molecule is Cc1ccc(NS(=O)(=O)c2ccsc2C(=O)NCc2cccc(C#N)c2)cc1. The third-order valence-corrected chi connectivity index (χ3v) is 6.40. The van der Waals surface area contributed by atoms with Crippen LogP contribution in [0, 0.1) is 18.3 Å².